The molecule has 0 aliphatic heterocycles. The first-order valence-electron chi connectivity index (χ1n) is 22.6. The molecular formula is C63H43NO. The van der Waals surface area contributed by atoms with Gasteiger partial charge in [0.25, 0.3) is 0 Å². The van der Waals surface area contributed by atoms with E-state index in [9.17, 15) is 0 Å². The van der Waals surface area contributed by atoms with Gasteiger partial charge >= 0.3 is 0 Å². The minimum absolute atomic E-state index is 0.337. The third-order valence-electron chi connectivity index (χ3n) is 14.4. The van der Waals surface area contributed by atoms with E-state index in [1.165, 1.54) is 61.2 Å². The number of nitrogens with zero attached hydrogens (tertiary/aromatic N) is 1. The first-order valence-corrected chi connectivity index (χ1v) is 22.6. The van der Waals surface area contributed by atoms with Gasteiger partial charge in [0.1, 0.15) is 11.2 Å². The highest BCUT2D eigenvalue weighted by Crippen LogP contribution is 2.58. The van der Waals surface area contributed by atoms with Crippen LogP contribution in [0.1, 0.15) is 45.9 Å². The Balaban J connectivity index is 1.01. The van der Waals surface area contributed by atoms with Crippen molar-refractivity contribution in [2.75, 3.05) is 4.90 Å². The third-order valence-corrected chi connectivity index (χ3v) is 14.4. The molecule has 2 aliphatic carbocycles. The van der Waals surface area contributed by atoms with Gasteiger partial charge in [-0.2, -0.15) is 0 Å². The molecule has 2 aliphatic rings. The van der Waals surface area contributed by atoms with Crippen LogP contribution < -0.4 is 4.90 Å². The summed E-state index contributed by atoms with van der Waals surface area (Å²) in [5.41, 5.74) is 20.7. The Morgan fingerprint density at radius 3 is 1.55 bits per heavy atom. The molecule has 2 nitrogen and oxygen atoms in total. The molecule has 0 amide bonds. The van der Waals surface area contributed by atoms with Crippen LogP contribution in [0.15, 0.2) is 247 Å². The van der Waals surface area contributed by atoms with Gasteiger partial charge in [-0.25, -0.2) is 0 Å². The zero-order chi connectivity index (χ0) is 43.1. The number of hydrogen-bond acceptors (Lipinski definition) is 2. The average molecular weight is 830 g/mol. The first-order chi connectivity index (χ1) is 32.1. The van der Waals surface area contributed by atoms with Crippen LogP contribution in [0.5, 0.6) is 0 Å². The largest absolute Gasteiger partial charge is 0.456 e. The Labute approximate surface area is 379 Å². The second-order valence-electron chi connectivity index (χ2n) is 17.7. The van der Waals surface area contributed by atoms with Crippen molar-refractivity contribution in [3.05, 3.63) is 282 Å². The highest BCUT2D eigenvalue weighted by molar-refractivity contribution is 6.06. The lowest BCUT2D eigenvalue weighted by Gasteiger charge is -2.34. The third kappa shape index (κ3) is 5.47. The lowest BCUT2D eigenvalue weighted by molar-refractivity contribution is 0.669. The Morgan fingerprint density at radius 2 is 0.831 bits per heavy atom. The molecule has 0 radical (unpaired) electrons. The highest BCUT2D eigenvalue weighted by atomic mass is 16.3. The van der Waals surface area contributed by atoms with E-state index in [1.54, 1.807) is 0 Å². The second kappa shape index (κ2) is 14.4. The van der Waals surface area contributed by atoms with E-state index in [0.717, 1.165) is 50.1 Å². The van der Waals surface area contributed by atoms with Gasteiger partial charge in [0.2, 0.25) is 0 Å². The molecule has 65 heavy (non-hydrogen) atoms. The number of rotatable bonds is 7. The summed E-state index contributed by atoms with van der Waals surface area (Å²) in [4.78, 5) is 2.46. The lowest BCUT2D eigenvalue weighted by atomic mass is 9.68. The van der Waals surface area contributed by atoms with Gasteiger partial charge in [0, 0.05) is 33.2 Å². The van der Waals surface area contributed by atoms with Gasteiger partial charge in [-0.1, -0.05) is 188 Å². The highest BCUT2D eigenvalue weighted by Gasteiger charge is 2.46. The maximum absolute atomic E-state index is 6.20. The molecule has 0 N–H and O–H groups in total. The molecule has 13 rings (SSSR count). The summed E-state index contributed by atoms with van der Waals surface area (Å²) < 4.78 is 6.20. The molecule has 0 saturated heterocycles. The van der Waals surface area contributed by atoms with E-state index >= 15 is 0 Å². The summed E-state index contributed by atoms with van der Waals surface area (Å²) in [6.07, 6.45) is 0. The van der Waals surface area contributed by atoms with Crippen LogP contribution in [0.3, 0.4) is 0 Å². The zero-order valence-corrected chi connectivity index (χ0v) is 35.9. The molecule has 0 bridgehead atoms. The Morgan fingerprint density at radius 1 is 0.323 bits per heavy atom. The summed E-state index contributed by atoms with van der Waals surface area (Å²) in [6, 6.07) is 89.3. The molecular weight excluding hydrogens is 787 g/mol. The van der Waals surface area contributed by atoms with Crippen molar-refractivity contribution in [3.8, 4) is 33.4 Å². The Kier molecular flexibility index (Phi) is 8.29. The summed E-state index contributed by atoms with van der Waals surface area (Å²) >= 11 is 0. The number of benzene rings is 10. The average Bonchev–Trinajstić information content (AvgIpc) is 3.99. The minimum Gasteiger partial charge on any atom is -0.456 e. The van der Waals surface area contributed by atoms with E-state index in [2.05, 4.69) is 242 Å². The minimum atomic E-state index is -0.474. The number of para-hydroxylation sites is 1. The predicted octanol–water partition coefficient (Wildman–Crippen LogP) is 16.4. The topological polar surface area (TPSA) is 16.4 Å². The molecule has 0 spiro atoms. The molecule has 1 atom stereocenters. The molecule has 306 valence electrons. The van der Waals surface area contributed by atoms with E-state index in [0.29, 0.717) is 0 Å². The Bertz CT molecular complexity index is 3570. The van der Waals surface area contributed by atoms with Gasteiger partial charge in [-0.05, 0) is 134 Å². The fourth-order valence-electron chi connectivity index (χ4n) is 11.4. The van der Waals surface area contributed by atoms with Crippen LogP contribution in [-0.2, 0) is 10.8 Å². The summed E-state index contributed by atoms with van der Waals surface area (Å²) in [6.45, 7) is 2.40. The van der Waals surface area contributed by atoms with Crippen molar-refractivity contribution in [2.24, 2.45) is 0 Å². The van der Waals surface area contributed by atoms with Gasteiger partial charge in [-0.15, -0.1) is 0 Å². The van der Waals surface area contributed by atoms with Crippen LogP contribution in [0, 0.1) is 0 Å². The molecule has 0 fully saturated rings. The van der Waals surface area contributed by atoms with Crippen LogP contribution in [-0.4, -0.2) is 0 Å². The first kappa shape index (κ1) is 37.4. The van der Waals surface area contributed by atoms with Crippen LogP contribution in [0.4, 0.5) is 17.1 Å². The maximum Gasteiger partial charge on any atom is 0.135 e. The monoisotopic (exact) mass is 829 g/mol. The molecule has 1 heterocycles. The van der Waals surface area contributed by atoms with Crippen LogP contribution in [0.2, 0.25) is 0 Å². The van der Waals surface area contributed by atoms with Crippen molar-refractivity contribution in [1.29, 1.82) is 0 Å². The lowest BCUT2D eigenvalue weighted by Crippen LogP contribution is -2.28. The van der Waals surface area contributed by atoms with Crippen molar-refractivity contribution >= 4 is 39.0 Å². The summed E-state index contributed by atoms with van der Waals surface area (Å²) in [7, 11) is 0. The smallest absolute Gasteiger partial charge is 0.135 e. The van der Waals surface area contributed by atoms with Crippen LogP contribution in [0.25, 0.3) is 55.3 Å². The van der Waals surface area contributed by atoms with E-state index in [1.807, 2.05) is 12.1 Å². The van der Waals surface area contributed by atoms with E-state index < -0.39 is 5.41 Å². The predicted molar refractivity (Wildman–Crippen MR) is 269 cm³/mol. The Hall–Kier alpha value is -8.20. The number of furan rings is 1. The molecule has 1 unspecified atom stereocenters. The molecule has 11 aromatic rings. The quantitative estimate of drug-likeness (QED) is 0.159. The standard InChI is InChI=1S/C63H43NO/c1-62(44-17-5-2-6-18-44)56-26-14-11-23-50(56)52-36-34-49(41-59(52)62)64(47-32-29-42(30-33-47)43-31-38-61-55(39-43)53-25-13-16-28-60(53)65-61)48-35-37-58-54(40-48)51-24-12-15-27-57(51)63(58,45-19-7-3-8-20-45)46-21-9-4-10-22-46/h2-41H,1H3. The van der Waals surface area contributed by atoms with Crippen molar-refractivity contribution in [2.45, 2.75) is 17.8 Å². The number of fused-ring (bicyclic) bond motifs is 9. The molecule has 1 aromatic heterocycles. The molecule has 10 aromatic carbocycles. The van der Waals surface area contributed by atoms with Crippen molar-refractivity contribution < 1.29 is 4.42 Å². The van der Waals surface area contributed by atoms with Crippen molar-refractivity contribution in [3.63, 3.8) is 0 Å². The molecule has 0 saturated carbocycles. The SMILES string of the molecule is CC1(c2ccccc2)c2ccccc2-c2ccc(N(c3ccc(-c4ccc5oc6ccccc6c5c4)cc3)c3ccc4c(c3)-c3ccccc3C4(c3ccccc3)c3ccccc3)cc21. The van der Waals surface area contributed by atoms with Crippen molar-refractivity contribution in [1.82, 2.24) is 0 Å². The normalized spacial score (nSPS) is 15.3. The van der Waals surface area contributed by atoms with Gasteiger partial charge in [0.05, 0.1) is 5.41 Å². The summed E-state index contributed by atoms with van der Waals surface area (Å²) in [5, 5.41) is 2.26. The van der Waals surface area contributed by atoms with E-state index in [-0.39, 0.29) is 5.41 Å². The number of anilines is 3. The van der Waals surface area contributed by atoms with Gasteiger partial charge in [-0.3, -0.25) is 0 Å². The molecule has 2 heteroatoms. The second-order valence-corrected chi connectivity index (χ2v) is 17.7. The zero-order valence-electron chi connectivity index (χ0n) is 35.9. The van der Waals surface area contributed by atoms with E-state index in [4.69, 9.17) is 4.42 Å². The fourth-order valence-corrected chi connectivity index (χ4v) is 11.4. The number of hydrogen-bond donors (Lipinski definition) is 0. The summed E-state index contributed by atoms with van der Waals surface area (Å²) in [5.74, 6) is 0. The fraction of sp³-hybridized carbons (Fsp3) is 0.0476. The van der Waals surface area contributed by atoms with Crippen LogP contribution >= 0.6 is 0 Å². The van der Waals surface area contributed by atoms with Gasteiger partial charge < -0.3 is 9.32 Å². The van der Waals surface area contributed by atoms with Gasteiger partial charge in [0.15, 0.2) is 0 Å². The maximum atomic E-state index is 6.20.